The first-order chi connectivity index (χ1) is 28.6. The van der Waals surface area contributed by atoms with Crippen LogP contribution in [0.2, 0.25) is 0 Å². The largest absolute Gasteiger partial charge is 0.309 e. The normalized spacial score (nSPS) is 13.1. The lowest BCUT2D eigenvalue weighted by molar-refractivity contribution is 1.05. The number of nitrogens with zero attached hydrogens (tertiary/aromatic N) is 4. The molecule has 0 N–H and O–H groups in total. The molecule has 0 bridgehead atoms. The number of benzene rings is 7. The van der Waals surface area contributed by atoms with Crippen LogP contribution in [0.3, 0.4) is 0 Å². The fourth-order valence-electron chi connectivity index (χ4n) is 8.11. The zero-order chi connectivity index (χ0) is 39.4. The molecule has 0 aliphatic heterocycles. The van der Waals surface area contributed by atoms with Gasteiger partial charge in [0.15, 0.2) is 11.7 Å². The van der Waals surface area contributed by atoms with Crippen molar-refractivity contribution in [3.8, 4) is 27.9 Å². The summed E-state index contributed by atoms with van der Waals surface area (Å²) in [5.74, 6) is 1.11. The number of amidine groups is 2. The fourth-order valence-corrected chi connectivity index (χ4v) is 8.11. The van der Waals surface area contributed by atoms with E-state index in [1.165, 1.54) is 49.7 Å². The molecule has 1 aliphatic rings. The lowest BCUT2D eigenvalue weighted by Crippen LogP contribution is -2.06. The van der Waals surface area contributed by atoms with Crippen molar-refractivity contribution in [2.24, 2.45) is 15.0 Å². The monoisotopic (exact) mass is 746 g/mol. The SMILES string of the molecule is C=CC1=C(/C=C\C)c2ccc(CN=C(N=C(N=C)c3cccc(-n4c5ccccc5c5ccc(-c6ccc(-c7ccccc7)cc6)cc54)c3)c3ccccc3)cc2C1. The fraction of sp³-hybridized carbons (Fsp3) is 0.0556. The van der Waals surface area contributed by atoms with Gasteiger partial charge in [0.25, 0.3) is 0 Å². The van der Waals surface area contributed by atoms with Gasteiger partial charge in [-0.15, -0.1) is 0 Å². The first-order valence-electron chi connectivity index (χ1n) is 19.7. The molecule has 8 aromatic rings. The standard InChI is InChI=1S/C54H42N4/c1-4-15-47-38(5-2)33-45-32-37(24-30-48(45)47)36-56-54(42-18-10-7-11-19-42)57-53(55-3)44-20-14-21-46(34-44)58-51-23-13-12-22-49(51)50-31-29-43(35-52(50)58)41-27-25-40(26-28-41)39-16-8-6-9-17-39/h4-32,34-35H,2-3,33,36H2,1H3/b15-4-,56-54?,57-53?. The third kappa shape index (κ3) is 6.97. The molecule has 0 radical (unpaired) electrons. The smallest absolute Gasteiger partial charge is 0.161 e. The second kappa shape index (κ2) is 16.0. The summed E-state index contributed by atoms with van der Waals surface area (Å²) in [4.78, 5) is 14.7. The van der Waals surface area contributed by atoms with Crippen LogP contribution >= 0.6 is 0 Å². The van der Waals surface area contributed by atoms with Gasteiger partial charge in [0.05, 0.1) is 17.6 Å². The van der Waals surface area contributed by atoms with Crippen molar-refractivity contribution in [1.82, 2.24) is 4.57 Å². The molecule has 0 unspecified atom stereocenters. The maximum atomic E-state index is 5.11. The average molecular weight is 747 g/mol. The van der Waals surface area contributed by atoms with Crippen molar-refractivity contribution >= 4 is 45.8 Å². The summed E-state index contributed by atoms with van der Waals surface area (Å²) in [5, 5.41) is 2.39. The number of hydrogen-bond acceptors (Lipinski definition) is 1. The van der Waals surface area contributed by atoms with Crippen LogP contribution in [0, 0.1) is 0 Å². The van der Waals surface area contributed by atoms with E-state index in [4.69, 9.17) is 9.98 Å². The van der Waals surface area contributed by atoms with Crippen LogP contribution in [0.4, 0.5) is 0 Å². The van der Waals surface area contributed by atoms with Gasteiger partial charge < -0.3 is 4.57 Å². The topological polar surface area (TPSA) is 42.0 Å². The molecule has 4 nitrogen and oxygen atoms in total. The lowest BCUT2D eigenvalue weighted by atomic mass is 9.99. The highest BCUT2D eigenvalue weighted by molar-refractivity contribution is 6.13. The molecule has 0 spiro atoms. The first kappa shape index (κ1) is 36.2. The molecule has 4 heteroatoms. The molecule has 0 amide bonds. The number of aromatic nitrogens is 1. The van der Waals surface area contributed by atoms with Crippen LogP contribution in [0.25, 0.3) is 55.3 Å². The second-order valence-electron chi connectivity index (χ2n) is 14.5. The highest BCUT2D eigenvalue weighted by atomic mass is 15.0. The number of para-hydroxylation sites is 1. The van der Waals surface area contributed by atoms with Crippen LogP contribution in [-0.4, -0.2) is 23.0 Å². The highest BCUT2D eigenvalue weighted by Gasteiger charge is 2.19. The van der Waals surface area contributed by atoms with Gasteiger partial charge in [-0.3, -0.25) is 4.99 Å². The Hall–Kier alpha value is -7.43. The van der Waals surface area contributed by atoms with Gasteiger partial charge in [0.1, 0.15) is 0 Å². The van der Waals surface area contributed by atoms with E-state index in [-0.39, 0.29) is 0 Å². The Bertz CT molecular complexity index is 2960. The Balaban J connectivity index is 1.08. The summed E-state index contributed by atoms with van der Waals surface area (Å²) in [6.45, 7) is 10.6. The van der Waals surface area contributed by atoms with E-state index < -0.39 is 0 Å². The van der Waals surface area contributed by atoms with Gasteiger partial charge in [-0.05, 0) is 94.4 Å². The molecule has 9 rings (SSSR count). The van der Waals surface area contributed by atoms with Crippen molar-refractivity contribution in [2.75, 3.05) is 0 Å². The Kier molecular flexibility index (Phi) is 9.97. The average Bonchev–Trinajstić information content (AvgIpc) is 3.81. The molecule has 0 saturated heterocycles. The summed E-state index contributed by atoms with van der Waals surface area (Å²) in [7, 11) is 0. The molecular formula is C54H42N4. The van der Waals surface area contributed by atoms with Crippen LogP contribution in [0.5, 0.6) is 0 Å². The summed E-state index contributed by atoms with van der Waals surface area (Å²) >= 11 is 0. The Morgan fingerprint density at radius 1 is 0.621 bits per heavy atom. The maximum absolute atomic E-state index is 5.11. The molecule has 1 aromatic heterocycles. The Labute approximate surface area is 339 Å². The molecule has 0 fully saturated rings. The molecule has 0 saturated carbocycles. The molecule has 7 aromatic carbocycles. The van der Waals surface area contributed by atoms with Crippen LogP contribution < -0.4 is 0 Å². The number of hydrogen-bond donors (Lipinski definition) is 0. The molecular weight excluding hydrogens is 705 g/mol. The number of aliphatic imine (C=N–C) groups is 3. The summed E-state index contributed by atoms with van der Waals surface area (Å²) in [5.41, 5.74) is 16.0. The van der Waals surface area contributed by atoms with Crippen molar-refractivity contribution in [3.63, 3.8) is 0 Å². The number of fused-ring (bicyclic) bond motifs is 4. The molecule has 58 heavy (non-hydrogen) atoms. The van der Waals surface area contributed by atoms with E-state index in [2.05, 4.69) is 175 Å². The van der Waals surface area contributed by atoms with E-state index in [9.17, 15) is 0 Å². The van der Waals surface area contributed by atoms with Crippen molar-refractivity contribution < 1.29 is 0 Å². The zero-order valence-electron chi connectivity index (χ0n) is 32.5. The highest BCUT2D eigenvalue weighted by Crippen LogP contribution is 2.37. The summed E-state index contributed by atoms with van der Waals surface area (Å²) in [6, 6.07) is 59.8. The molecule has 1 aliphatic carbocycles. The second-order valence-corrected chi connectivity index (χ2v) is 14.5. The van der Waals surface area contributed by atoms with E-state index in [1.807, 2.05) is 42.5 Å². The third-order valence-corrected chi connectivity index (χ3v) is 10.9. The van der Waals surface area contributed by atoms with Gasteiger partial charge in [-0.25, -0.2) is 9.98 Å². The van der Waals surface area contributed by atoms with Crippen LogP contribution in [0.15, 0.2) is 215 Å². The van der Waals surface area contributed by atoms with E-state index in [0.717, 1.165) is 45.4 Å². The predicted octanol–water partition coefficient (Wildman–Crippen LogP) is 13.3. The molecule has 0 atom stereocenters. The van der Waals surface area contributed by atoms with Crippen molar-refractivity contribution in [2.45, 2.75) is 19.9 Å². The van der Waals surface area contributed by atoms with E-state index in [0.29, 0.717) is 18.2 Å². The van der Waals surface area contributed by atoms with Crippen molar-refractivity contribution in [1.29, 1.82) is 0 Å². The third-order valence-electron chi connectivity index (χ3n) is 10.9. The Morgan fingerprint density at radius 2 is 1.29 bits per heavy atom. The quantitative estimate of drug-likeness (QED) is 0.104. The van der Waals surface area contributed by atoms with Gasteiger partial charge in [0.2, 0.25) is 0 Å². The summed E-state index contributed by atoms with van der Waals surface area (Å²) < 4.78 is 2.34. The number of rotatable bonds is 9. The van der Waals surface area contributed by atoms with Gasteiger partial charge >= 0.3 is 0 Å². The van der Waals surface area contributed by atoms with E-state index in [1.54, 1.807) is 0 Å². The van der Waals surface area contributed by atoms with Crippen LogP contribution in [0.1, 0.15) is 34.7 Å². The van der Waals surface area contributed by atoms with Gasteiger partial charge in [-0.2, -0.15) is 0 Å². The Morgan fingerprint density at radius 3 is 2.05 bits per heavy atom. The lowest BCUT2D eigenvalue weighted by Gasteiger charge is -2.12. The predicted molar refractivity (Wildman–Crippen MR) is 246 cm³/mol. The minimum Gasteiger partial charge on any atom is -0.309 e. The minimum atomic E-state index is 0.479. The maximum Gasteiger partial charge on any atom is 0.161 e. The number of allylic oxidation sites excluding steroid dienone is 5. The van der Waals surface area contributed by atoms with Crippen LogP contribution in [-0.2, 0) is 13.0 Å². The van der Waals surface area contributed by atoms with Gasteiger partial charge in [0, 0.05) is 27.6 Å². The summed E-state index contributed by atoms with van der Waals surface area (Å²) in [6.07, 6.45) is 7.10. The zero-order valence-corrected chi connectivity index (χ0v) is 32.5. The first-order valence-corrected chi connectivity index (χ1v) is 19.7. The van der Waals surface area contributed by atoms with E-state index >= 15 is 0 Å². The van der Waals surface area contributed by atoms with Gasteiger partial charge in [-0.1, -0.05) is 170 Å². The van der Waals surface area contributed by atoms with Crippen molar-refractivity contribution in [3.05, 3.63) is 228 Å². The minimum absolute atomic E-state index is 0.479. The molecule has 278 valence electrons. The molecule has 1 heterocycles.